The number of aliphatic carboxylic acids is 1. The highest BCUT2D eigenvalue weighted by molar-refractivity contribution is 7.85. The summed E-state index contributed by atoms with van der Waals surface area (Å²) in [5.74, 6) is -1.22. The molecule has 0 atom stereocenters. The van der Waals surface area contributed by atoms with Gasteiger partial charge in [0.1, 0.15) is 6.54 Å². The van der Waals surface area contributed by atoms with Gasteiger partial charge in [-0.1, -0.05) is 0 Å². The van der Waals surface area contributed by atoms with Crippen LogP contribution in [0.2, 0.25) is 0 Å². The van der Waals surface area contributed by atoms with Crippen LogP contribution in [-0.2, 0) is 27.9 Å². The van der Waals surface area contributed by atoms with Crippen molar-refractivity contribution in [3.05, 3.63) is 29.6 Å². The molecular formula is C11H16NO5S+. The van der Waals surface area contributed by atoms with Crippen LogP contribution in [0.3, 0.4) is 0 Å². The Morgan fingerprint density at radius 3 is 2.61 bits per heavy atom. The number of rotatable bonds is 6. The molecule has 0 amide bonds. The molecular weight excluding hydrogens is 258 g/mol. The van der Waals surface area contributed by atoms with Crippen molar-refractivity contribution < 1.29 is 27.4 Å². The minimum absolute atomic E-state index is 0.0709. The molecule has 6 nitrogen and oxygen atoms in total. The number of aryl methyl sites for hydroxylation is 2. The van der Waals surface area contributed by atoms with Crippen LogP contribution >= 0.6 is 0 Å². The maximum atomic E-state index is 10.6. The highest BCUT2D eigenvalue weighted by atomic mass is 32.2. The average Bonchev–Trinajstić information content (AvgIpc) is 2.20. The van der Waals surface area contributed by atoms with Crippen molar-refractivity contribution in [2.24, 2.45) is 0 Å². The molecule has 0 bridgehead atoms. The van der Waals surface area contributed by atoms with Gasteiger partial charge in [0.25, 0.3) is 10.1 Å². The highest BCUT2D eigenvalue weighted by Crippen LogP contribution is 2.00. The Morgan fingerprint density at radius 2 is 2.06 bits per heavy atom. The Balaban J connectivity index is 2.72. The van der Waals surface area contributed by atoms with E-state index < -0.39 is 16.1 Å². The standard InChI is InChI=1S/C11H15NO5S/c1-9-3-4-10(7-11(13)14)8-12(9)5-2-6-18(15,16)17/h3-4,8H,2,5-7H2,1H3,(H-,13,14,15,16,17)/p+1. The fraction of sp³-hybridized carbons (Fsp3) is 0.455. The second-order valence-electron chi connectivity index (χ2n) is 4.08. The first-order valence-electron chi connectivity index (χ1n) is 5.44. The monoisotopic (exact) mass is 274 g/mol. The summed E-state index contributed by atoms with van der Waals surface area (Å²) in [6, 6.07) is 3.51. The zero-order valence-electron chi connectivity index (χ0n) is 10.0. The van der Waals surface area contributed by atoms with Gasteiger partial charge < -0.3 is 5.11 Å². The van der Waals surface area contributed by atoms with Gasteiger partial charge in [-0.3, -0.25) is 9.35 Å². The Kier molecular flexibility index (Phi) is 4.80. The third-order valence-electron chi connectivity index (χ3n) is 2.47. The number of nitrogens with zero attached hydrogens (tertiary/aromatic N) is 1. The van der Waals surface area contributed by atoms with Gasteiger partial charge in [-0.05, 0) is 6.07 Å². The second-order valence-corrected chi connectivity index (χ2v) is 5.65. The molecule has 0 saturated carbocycles. The molecule has 1 aromatic rings. The van der Waals surface area contributed by atoms with E-state index in [9.17, 15) is 13.2 Å². The van der Waals surface area contributed by atoms with Gasteiger partial charge in [0.2, 0.25) is 0 Å². The van der Waals surface area contributed by atoms with Crippen molar-refractivity contribution in [1.82, 2.24) is 0 Å². The normalized spacial score (nSPS) is 11.4. The maximum Gasteiger partial charge on any atom is 0.308 e. The molecule has 0 aliphatic heterocycles. The summed E-state index contributed by atoms with van der Waals surface area (Å²) in [5, 5.41) is 8.69. The molecule has 0 aliphatic rings. The molecule has 7 heteroatoms. The average molecular weight is 274 g/mol. The third kappa shape index (κ3) is 5.24. The van der Waals surface area contributed by atoms with Crippen molar-refractivity contribution >= 4 is 16.1 Å². The topological polar surface area (TPSA) is 95.5 Å². The van der Waals surface area contributed by atoms with E-state index in [1.165, 1.54) is 0 Å². The molecule has 1 aromatic heterocycles. The molecule has 0 saturated heterocycles. The quantitative estimate of drug-likeness (QED) is 0.570. The zero-order valence-corrected chi connectivity index (χ0v) is 10.9. The summed E-state index contributed by atoms with van der Waals surface area (Å²) in [6.07, 6.45) is 1.90. The summed E-state index contributed by atoms with van der Waals surface area (Å²) in [6.45, 7) is 2.26. The number of hydrogen-bond acceptors (Lipinski definition) is 3. The summed E-state index contributed by atoms with van der Waals surface area (Å²) < 4.78 is 31.6. The van der Waals surface area contributed by atoms with Gasteiger partial charge in [0.05, 0.1) is 12.2 Å². The lowest BCUT2D eigenvalue weighted by atomic mass is 10.2. The Hall–Kier alpha value is -1.47. The number of carboxylic acids is 1. The fourth-order valence-electron chi connectivity index (χ4n) is 1.61. The van der Waals surface area contributed by atoms with Crippen LogP contribution in [0.4, 0.5) is 0 Å². The van der Waals surface area contributed by atoms with Gasteiger partial charge in [-0.25, -0.2) is 4.57 Å². The van der Waals surface area contributed by atoms with Gasteiger partial charge in [-0.15, -0.1) is 0 Å². The number of carbonyl (C=O) groups is 1. The van der Waals surface area contributed by atoms with Crippen LogP contribution in [0.5, 0.6) is 0 Å². The van der Waals surface area contributed by atoms with Crippen molar-refractivity contribution in [1.29, 1.82) is 0 Å². The van der Waals surface area contributed by atoms with Crippen LogP contribution in [-0.4, -0.2) is 29.8 Å². The minimum Gasteiger partial charge on any atom is -0.481 e. The molecule has 0 spiro atoms. The first-order chi connectivity index (χ1) is 8.28. The lowest BCUT2D eigenvalue weighted by molar-refractivity contribution is -0.703. The zero-order chi connectivity index (χ0) is 13.8. The van der Waals surface area contributed by atoms with E-state index in [1.807, 2.05) is 6.92 Å². The summed E-state index contributed by atoms with van der Waals surface area (Å²) >= 11 is 0. The van der Waals surface area contributed by atoms with Crippen molar-refractivity contribution in [2.45, 2.75) is 26.3 Å². The Morgan fingerprint density at radius 1 is 1.39 bits per heavy atom. The lowest BCUT2D eigenvalue weighted by Crippen LogP contribution is -2.38. The van der Waals surface area contributed by atoms with E-state index in [0.717, 1.165) is 5.69 Å². The van der Waals surface area contributed by atoms with Gasteiger partial charge >= 0.3 is 5.97 Å². The molecule has 1 rings (SSSR count). The lowest BCUT2D eigenvalue weighted by Gasteiger charge is -2.02. The molecule has 1 heterocycles. The molecule has 18 heavy (non-hydrogen) atoms. The minimum atomic E-state index is -3.94. The fourth-order valence-corrected chi connectivity index (χ4v) is 2.10. The van der Waals surface area contributed by atoms with E-state index in [-0.39, 0.29) is 18.6 Å². The van der Waals surface area contributed by atoms with Gasteiger partial charge in [-0.2, -0.15) is 8.42 Å². The number of hydrogen-bond donors (Lipinski definition) is 2. The number of pyridine rings is 1. The number of carboxylic acid groups (broad SMARTS) is 1. The molecule has 0 unspecified atom stereocenters. The maximum absolute atomic E-state index is 10.6. The second kappa shape index (κ2) is 5.92. The molecule has 0 radical (unpaired) electrons. The van der Waals surface area contributed by atoms with Crippen molar-refractivity contribution in [3.63, 3.8) is 0 Å². The van der Waals surface area contributed by atoms with Crippen LogP contribution in [0.15, 0.2) is 18.3 Å². The predicted octanol–water partition coefficient (Wildman–Crippen LogP) is 0.188. The van der Waals surface area contributed by atoms with Crippen LogP contribution in [0.1, 0.15) is 17.7 Å². The third-order valence-corrected chi connectivity index (χ3v) is 3.27. The van der Waals surface area contributed by atoms with Crippen LogP contribution in [0, 0.1) is 6.92 Å². The molecule has 0 aromatic carbocycles. The highest BCUT2D eigenvalue weighted by Gasteiger charge is 2.12. The predicted molar refractivity (Wildman–Crippen MR) is 63.7 cm³/mol. The first kappa shape index (κ1) is 14.6. The summed E-state index contributed by atoms with van der Waals surface area (Å²) in [7, 11) is -3.94. The molecule has 2 N–H and O–H groups in total. The van der Waals surface area contributed by atoms with Gasteiger partial charge in [0.15, 0.2) is 11.9 Å². The first-order valence-corrected chi connectivity index (χ1v) is 7.05. The smallest absolute Gasteiger partial charge is 0.308 e. The van der Waals surface area contributed by atoms with E-state index >= 15 is 0 Å². The molecule has 0 fully saturated rings. The van der Waals surface area contributed by atoms with Crippen LogP contribution in [0.25, 0.3) is 0 Å². The van der Waals surface area contributed by atoms with E-state index in [0.29, 0.717) is 12.1 Å². The summed E-state index contributed by atoms with van der Waals surface area (Å²) in [4.78, 5) is 10.6. The van der Waals surface area contributed by atoms with E-state index in [1.54, 1.807) is 22.9 Å². The van der Waals surface area contributed by atoms with Crippen molar-refractivity contribution in [3.8, 4) is 0 Å². The molecule has 100 valence electrons. The Labute approximate surface area is 106 Å². The van der Waals surface area contributed by atoms with Crippen molar-refractivity contribution in [2.75, 3.05) is 5.75 Å². The van der Waals surface area contributed by atoms with Gasteiger partial charge in [0, 0.05) is 25.0 Å². The number of aromatic nitrogens is 1. The molecule has 0 aliphatic carbocycles. The van der Waals surface area contributed by atoms with Crippen LogP contribution < -0.4 is 4.57 Å². The SMILES string of the molecule is Cc1ccc(CC(=O)O)c[n+]1CCCS(=O)(=O)O. The van der Waals surface area contributed by atoms with E-state index in [2.05, 4.69) is 0 Å². The largest absolute Gasteiger partial charge is 0.481 e. The summed E-state index contributed by atoms with van der Waals surface area (Å²) in [5.41, 5.74) is 1.56. The van der Waals surface area contributed by atoms with E-state index in [4.69, 9.17) is 9.66 Å². The Bertz CT molecular complexity index is 538.